The molecule has 1 atom stereocenters. The van der Waals surface area contributed by atoms with E-state index in [4.69, 9.17) is 18.9 Å². The Morgan fingerprint density at radius 3 is 2.25 bits per heavy atom. The third kappa shape index (κ3) is 5.36. The Bertz CT molecular complexity index is 1580. The van der Waals surface area contributed by atoms with E-state index in [2.05, 4.69) is 25.1 Å². The number of benzene rings is 4. The predicted molar refractivity (Wildman–Crippen MR) is 158 cm³/mol. The molecule has 5 nitrogen and oxygen atoms in total. The number of hydrogen-bond acceptors (Lipinski definition) is 5. The van der Waals surface area contributed by atoms with Crippen molar-refractivity contribution < 1.29 is 23.7 Å². The molecular formula is C35H32O5. The van der Waals surface area contributed by atoms with E-state index >= 15 is 0 Å². The van der Waals surface area contributed by atoms with Crippen LogP contribution in [0.1, 0.15) is 45.5 Å². The Morgan fingerprint density at radius 2 is 1.55 bits per heavy atom. The maximum atomic E-state index is 13.3. The van der Waals surface area contributed by atoms with Gasteiger partial charge in [0.15, 0.2) is 17.3 Å². The summed E-state index contributed by atoms with van der Waals surface area (Å²) in [5, 5.41) is 0. The molecule has 1 aliphatic heterocycles. The maximum Gasteiger partial charge on any atom is 0.185 e. The van der Waals surface area contributed by atoms with Crippen molar-refractivity contribution in [2.45, 2.75) is 19.8 Å². The van der Waals surface area contributed by atoms with Crippen molar-refractivity contribution >= 4 is 11.5 Å². The highest BCUT2D eigenvalue weighted by Gasteiger charge is 2.31. The Hall–Kier alpha value is -4.77. The van der Waals surface area contributed by atoms with Crippen molar-refractivity contribution in [3.63, 3.8) is 0 Å². The van der Waals surface area contributed by atoms with Gasteiger partial charge in [-0.2, -0.15) is 0 Å². The van der Waals surface area contributed by atoms with E-state index in [1.165, 1.54) is 0 Å². The fourth-order valence-electron chi connectivity index (χ4n) is 5.04. The van der Waals surface area contributed by atoms with E-state index in [0.717, 1.165) is 39.3 Å². The first kappa shape index (κ1) is 26.8. The summed E-state index contributed by atoms with van der Waals surface area (Å²) in [5.74, 6) is 3.12. The van der Waals surface area contributed by atoms with Gasteiger partial charge >= 0.3 is 0 Å². The second kappa shape index (κ2) is 12.0. The zero-order valence-corrected chi connectivity index (χ0v) is 23.1. The highest BCUT2D eigenvalue weighted by Crippen LogP contribution is 2.47. The van der Waals surface area contributed by atoms with Crippen LogP contribution in [0, 0.1) is 6.92 Å². The molecule has 0 fully saturated rings. The molecule has 0 N–H and O–H groups in total. The van der Waals surface area contributed by atoms with Gasteiger partial charge in [-0.15, -0.1) is 0 Å². The first-order valence-corrected chi connectivity index (χ1v) is 13.3. The molecule has 0 aromatic heterocycles. The largest absolute Gasteiger partial charge is 0.494 e. The zero-order chi connectivity index (χ0) is 28.1. The van der Waals surface area contributed by atoms with Crippen molar-refractivity contribution in [3.8, 4) is 23.0 Å². The molecule has 0 saturated heterocycles. The average Bonchev–Trinajstić information content (AvgIpc) is 2.99. The molecule has 5 rings (SSSR count). The standard InChI is InChI=1S/C35H32O5/c1-5-39-26-17-14-24(15-18-26)30(36)20-19-29-34(27-11-7-6-10-23(27)2)28-12-8-9-13-31(28)40-35(29)25-16-21-32(37-3)33(22-25)38-4/h6-22,34H,5H2,1-4H3. The van der Waals surface area contributed by atoms with Crippen LogP contribution in [0.2, 0.25) is 0 Å². The quantitative estimate of drug-likeness (QED) is 0.163. The SMILES string of the molecule is CCOc1ccc(C(=O)C=CC2=C(c3ccc(OC)c(OC)c3)Oc3ccccc3C2c2ccccc2C)cc1. The lowest BCUT2D eigenvalue weighted by Gasteiger charge is -2.31. The molecule has 1 aliphatic rings. The molecule has 40 heavy (non-hydrogen) atoms. The van der Waals surface area contributed by atoms with Gasteiger partial charge in [0.25, 0.3) is 0 Å². The lowest BCUT2D eigenvalue weighted by atomic mass is 9.79. The fourth-order valence-corrected chi connectivity index (χ4v) is 5.04. The second-order valence-corrected chi connectivity index (χ2v) is 9.44. The van der Waals surface area contributed by atoms with Crippen molar-refractivity contribution in [1.82, 2.24) is 0 Å². The minimum atomic E-state index is -0.154. The molecule has 0 radical (unpaired) electrons. The van der Waals surface area contributed by atoms with Crippen LogP contribution >= 0.6 is 0 Å². The molecule has 4 aromatic carbocycles. The summed E-state index contributed by atoms with van der Waals surface area (Å²) in [7, 11) is 3.22. The number of ether oxygens (including phenoxy) is 4. The molecule has 0 saturated carbocycles. The van der Waals surface area contributed by atoms with Gasteiger partial charge in [0, 0.05) is 28.2 Å². The summed E-state index contributed by atoms with van der Waals surface area (Å²) in [6.07, 6.45) is 3.51. The smallest absolute Gasteiger partial charge is 0.185 e. The van der Waals surface area contributed by atoms with Crippen molar-refractivity contribution in [1.29, 1.82) is 0 Å². The number of aryl methyl sites for hydroxylation is 1. The monoisotopic (exact) mass is 532 g/mol. The number of methoxy groups -OCH3 is 2. The third-order valence-electron chi connectivity index (χ3n) is 7.02. The first-order valence-electron chi connectivity index (χ1n) is 13.3. The molecule has 0 spiro atoms. The van der Waals surface area contributed by atoms with Crippen LogP contribution in [0.5, 0.6) is 23.0 Å². The van der Waals surface area contributed by atoms with Gasteiger partial charge in [0.1, 0.15) is 17.3 Å². The van der Waals surface area contributed by atoms with E-state index in [1.807, 2.05) is 73.7 Å². The van der Waals surface area contributed by atoms with Crippen LogP contribution in [-0.2, 0) is 0 Å². The summed E-state index contributed by atoms with van der Waals surface area (Å²) in [4.78, 5) is 13.3. The molecular weight excluding hydrogens is 500 g/mol. The fraction of sp³-hybridized carbons (Fsp3) is 0.171. The number of allylic oxidation sites excluding steroid dienone is 3. The highest BCUT2D eigenvalue weighted by molar-refractivity contribution is 6.05. The summed E-state index contributed by atoms with van der Waals surface area (Å²) < 4.78 is 23.2. The maximum absolute atomic E-state index is 13.3. The van der Waals surface area contributed by atoms with E-state index in [9.17, 15) is 4.79 Å². The highest BCUT2D eigenvalue weighted by atomic mass is 16.5. The van der Waals surface area contributed by atoms with E-state index in [-0.39, 0.29) is 11.7 Å². The summed E-state index contributed by atoms with van der Waals surface area (Å²) in [6.45, 7) is 4.61. The van der Waals surface area contributed by atoms with Crippen LogP contribution in [0.3, 0.4) is 0 Å². The minimum Gasteiger partial charge on any atom is -0.494 e. The zero-order valence-electron chi connectivity index (χ0n) is 23.1. The lowest BCUT2D eigenvalue weighted by molar-refractivity contribution is 0.104. The summed E-state index contributed by atoms with van der Waals surface area (Å²) in [5.41, 5.74) is 5.61. The Labute approximate surface area is 235 Å². The van der Waals surface area contributed by atoms with Crippen molar-refractivity contribution in [3.05, 3.63) is 137 Å². The topological polar surface area (TPSA) is 54.0 Å². The van der Waals surface area contributed by atoms with Crippen LogP contribution in [0.4, 0.5) is 0 Å². The van der Waals surface area contributed by atoms with Gasteiger partial charge in [-0.3, -0.25) is 4.79 Å². The molecule has 0 bridgehead atoms. The normalized spacial score (nSPS) is 14.4. The third-order valence-corrected chi connectivity index (χ3v) is 7.02. The number of rotatable bonds is 9. The van der Waals surface area contributed by atoms with E-state index in [1.54, 1.807) is 32.4 Å². The van der Waals surface area contributed by atoms with Gasteiger partial charge in [0.05, 0.1) is 20.8 Å². The van der Waals surface area contributed by atoms with Crippen LogP contribution in [-0.4, -0.2) is 26.6 Å². The van der Waals surface area contributed by atoms with Crippen LogP contribution in [0.15, 0.2) is 109 Å². The number of ketones is 1. The Kier molecular flexibility index (Phi) is 8.02. The van der Waals surface area contributed by atoms with Crippen molar-refractivity contribution in [2.24, 2.45) is 0 Å². The van der Waals surface area contributed by atoms with Gasteiger partial charge in [0.2, 0.25) is 0 Å². The van der Waals surface area contributed by atoms with E-state index in [0.29, 0.717) is 29.4 Å². The van der Waals surface area contributed by atoms with E-state index < -0.39 is 0 Å². The summed E-state index contributed by atoms with van der Waals surface area (Å²) >= 11 is 0. The molecule has 1 heterocycles. The van der Waals surface area contributed by atoms with Gasteiger partial charge in [-0.1, -0.05) is 48.5 Å². The molecule has 1 unspecified atom stereocenters. The number of carbonyl (C=O) groups excluding carboxylic acids is 1. The number of hydrogen-bond donors (Lipinski definition) is 0. The van der Waals surface area contributed by atoms with Crippen molar-refractivity contribution in [2.75, 3.05) is 20.8 Å². The lowest BCUT2D eigenvalue weighted by Crippen LogP contribution is -2.16. The molecule has 0 aliphatic carbocycles. The van der Waals surface area contributed by atoms with Crippen LogP contribution < -0.4 is 18.9 Å². The van der Waals surface area contributed by atoms with Gasteiger partial charge in [-0.05, 0) is 79.6 Å². The molecule has 5 heteroatoms. The molecule has 202 valence electrons. The number of para-hydroxylation sites is 1. The predicted octanol–water partition coefficient (Wildman–Crippen LogP) is 7.79. The molecule has 4 aromatic rings. The minimum absolute atomic E-state index is 0.107. The molecule has 0 amide bonds. The van der Waals surface area contributed by atoms with Crippen LogP contribution in [0.25, 0.3) is 5.76 Å². The summed E-state index contributed by atoms with van der Waals surface area (Å²) in [6, 6.07) is 29.3. The Morgan fingerprint density at radius 1 is 0.850 bits per heavy atom. The average molecular weight is 533 g/mol. The second-order valence-electron chi connectivity index (χ2n) is 9.44. The number of carbonyl (C=O) groups is 1. The number of fused-ring (bicyclic) bond motifs is 1. The van der Waals surface area contributed by atoms with Gasteiger partial charge < -0.3 is 18.9 Å². The Balaban J connectivity index is 1.68. The van der Waals surface area contributed by atoms with Gasteiger partial charge in [-0.25, -0.2) is 0 Å². The first-order chi connectivity index (χ1) is 19.5.